The van der Waals surface area contributed by atoms with Crippen molar-refractivity contribution in [3.8, 4) is 0 Å². The van der Waals surface area contributed by atoms with Gasteiger partial charge in [-0.2, -0.15) is 4.40 Å². The molecule has 0 radical (unpaired) electrons. The Morgan fingerprint density at radius 1 is 0.810 bits per heavy atom. The quantitative estimate of drug-likeness (QED) is 0.370. The summed E-state index contributed by atoms with van der Waals surface area (Å²) in [5.74, 6) is 0. The molecule has 0 atom stereocenters. The lowest BCUT2D eigenvalue weighted by molar-refractivity contribution is -2.00. The predicted molar refractivity (Wildman–Crippen MR) is 66.6 cm³/mol. The van der Waals surface area contributed by atoms with Gasteiger partial charge >= 0.3 is 0 Å². The summed E-state index contributed by atoms with van der Waals surface area (Å²) in [5.41, 5.74) is 3.94. The van der Waals surface area contributed by atoms with Gasteiger partial charge in [-0.1, -0.05) is 18.2 Å². The Balaban J connectivity index is 0.000000282. The molecule has 6 heteroatoms. The van der Waals surface area contributed by atoms with Gasteiger partial charge in [-0.05, 0) is 24.4 Å². The number of pyridine rings is 2. The molecule has 1 aromatic carbocycles. The smallest absolute Gasteiger partial charge is 0.214 e. The molecule has 0 amide bonds. The van der Waals surface area contributed by atoms with Crippen LogP contribution in [0.4, 0.5) is 0 Å². The summed E-state index contributed by atoms with van der Waals surface area (Å²) in [4.78, 5) is 0. The van der Waals surface area contributed by atoms with Gasteiger partial charge in [0.15, 0.2) is 11.9 Å². The number of fused-ring (bicyclic) bond motifs is 2. The minimum absolute atomic E-state index is 1.29. The van der Waals surface area contributed by atoms with Crippen LogP contribution < -0.4 is 23.0 Å². The second-order valence-corrected chi connectivity index (χ2v) is 5.35. The lowest BCUT2D eigenvalue weighted by Crippen LogP contribution is -2.68. The van der Waals surface area contributed by atoms with Crippen molar-refractivity contribution in [1.29, 1.82) is 0 Å². The van der Waals surface area contributed by atoms with Gasteiger partial charge in [-0.25, -0.2) is 18.6 Å². The molecule has 0 aliphatic carbocycles. The average molecular weight is 308 g/mol. The molecule has 5 nitrogen and oxygen atoms in total. The molecule has 3 aromatic rings. The molecule has 0 unspecified atom stereocenters. The number of hydrogen-bond acceptors (Lipinski definition) is 4. The molecule has 0 saturated heterocycles. The van der Waals surface area contributed by atoms with Crippen LogP contribution >= 0.6 is 0 Å². The van der Waals surface area contributed by atoms with Crippen LogP contribution in [0.3, 0.4) is 0 Å². The van der Waals surface area contributed by atoms with Crippen LogP contribution in [0.15, 0.2) is 48.7 Å². The third kappa shape index (κ3) is 3.66. The summed E-state index contributed by atoms with van der Waals surface area (Å²) in [6.45, 7) is 4.37. The van der Waals surface area contributed by atoms with Gasteiger partial charge in [-0.15, -0.1) is 10.2 Å². The van der Waals surface area contributed by atoms with E-state index in [0.29, 0.717) is 0 Å². The minimum Gasteiger partial charge on any atom is -0.222 e. The molecule has 21 heavy (non-hydrogen) atoms. The molecule has 0 aliphatic rings. The Morgan fingerprint density at radius 3 is 1.95 bits per heavy atom. The van der Waals surface area contributed by atoms with Gasteiger partial charge in [0.05, 0.1) is 0 Å². The molecule has 0 saturated carbocycles. The van der Waals surface area contributed by atoms with E-state index in [1.54, 1.807) is 0 Å². The fourth-order valence-electron chi connectivity index (χ4n) is 2.43. The van der Waals surface area contributed by atoms with E-state index in [4.69, 9.17) is 18.6 Å². The zero-order chi connectivity index (χ0) is 15.6. The van der Waals surface area contributed by atoms with Gasteiger partial charge < -0.3 is 0 Å². The predicted octanol–water partition coefficient (Wildman–Crippen LogP) is -1.56. The second-order valence-electron chi connectivity index (χ2n) is 4.59. The summed E-state index contributed by atoms with van der Waals surface area (Å²) >= 11 is 0. The van der Waals surface area contributed by atoms with Crippen LogP contribution in [0.1, 0.15) is 11.3 Å². The summed E-state index contributed by atoms with van der Waals surface area (Å²) in [5, 5.41) is 2.69. The van der Waals surface area contributed by atoms with E-state index in [2.05, 4.69) is 66.9 Å². The van der Waals surface area contributed by atoms with Gasteiger partial charge in [0, 0.05) is 30.0 Å². The standard InChI is InChI=1S/C15H14N.ClHO4/c1-11-13-7-3-4-8-14(13)12(2)16-10-6-5-9-15(11)16;2-1(3,4)5/h3-10H,1-2H3;(H,2,3,4,5)/q+1;/p-1. The van der Waals surface area contributed by atoms with Crippen LogP contribution in [0.2, 0.25) is 0 Å². The summed E-state index contributed by atoms with van der Waals surface area (Å²) in [6.07, 6.45) is 2.13. The zero-order valence-electron chi connectivity index (χ0n) is 11.6. The van der Waals surface area contributed by atoms with E-state index in [1.165, 1.54) is 27.5 Å². The Hall–Kier alpha value is -1.76. The molecule has 0 fully saturated rings. The third-order valence-corrected chi connectivity index (χ3v) is 3.33. The van der Waals surface area contributed by atoms with Gasteiger partial charge in [-0.3, -0.25) is 0 Å². The molecular weight excluding hydrogens is 294 g/mol. The lowest BCUT2D eigenvalue weighted by atomic mass is 10.0. The number of aromatic nitrogens is 1. The summed E-state index contributed by atoms with van der Waals surface area (Å²) in [7, 11) is -4.94. The van der Waals surface area contributed by atoms with E-state index in [-0.39, 0.29) is 0 Å². The third-order valence-electron chi connectivity index (χ3n) is 3.33. The fourth-order valence-corrected chi connectivity index (χ4v) is 2.43. The normalized spacial score (nSPS) is 11.3. The zero-order valence-corrected chi connectivity index (χ0v) is 12.3. The number of halogens is 1. The van der Waals surface area contributed by atoms with Gasteiger partial charge in [0.2, 0.25) is 5.52 Å². The van der Waals surface area contributed by atoms with Crippen LogP contribution in [0.5, 0.6) is 0 Å². The Kier molecular flexibility index (Phi) is 4.41. The van der Waals surface area contributed by atoms with Gasteiger partial charge in [0.25, 0.3) is 0 Å². The highest BCUT2D eigenvalue weighted by Gasteiger charge is 2.14. The van der Waals surface area contributed by atoms with Crippen molar-refractivity contribution in [1.82, 2.24) is 0 Å². The highest BCUT2D eigenvalue weighted by Crippen LogP contribution is 2.21. The first-order valence-corrected chi connectivity index (χ1v) is 7.42. The van der Waals surface area contributed by atoms with E-state index < -0.39 is 10.2 Å². The van der Waals surface area contributed by atoms with Crippen LogP contribution in [0, 0.1) is 24.1 Å². The molecule has 0 bridgehead atoms. The first-order chi connectivity index (χ1) is 9.79. The fraction of sp³-hybridized carbons (Fsp3) is 0.133. The van der Waals surface area contributed by atoms with E-state index in [1.807, 2.05) is 0 Å². The highest BCUT2D eigenvalue weighted by atomic mass is 35.7. The number of aryl methyl sites for hydroxylation is 2. The van der Waals surface area contributed by atoms with Crippen LogP contribution in [-0.2, 0) is 0 Å². The van der Waals surface area contributed by atoms with Crippen molar-refractivity contribution in [3.05, 3.63) is 59.9 Å². The molecule has 2 heterocycles. The van der Waals surface area contributed by atoms with Crippen LogP contribution in [0.25, 0.3) is 16.3 Å². The van der Waals surface area contributed by atoms with Crippen molar-refractivity contribution < 1.29 is 33.3 Å². The molecule has 2 aromatic heterocycles. The Morgan fingerprint density at radius 2 is 1.33 bits per heavy atom. The number of nitrogens with zero attached hydrogens (tertiary/aromatic N) is 1. The number of rotatable bonds is 0. The monoisotopic (exact) mass is 307 g/mol. The maximum Gasteiger partial charge on any atom is 0.214 e. The molecular formula is C15H14ClNO4. The molecule has 110 valence electrons. The topological polar surface area (TPSA) is 96.3 Å². The number of benzene rings is 1. The van der Waals surface area contributed by atoms with Crippen molar-refractivity contribution in [2.45, 2.75) is 13.8 Å². The number of hydrogen-bond donors (Lipinski definition) is 0. The van der Waals surface area contributed by atoms with E-state index in [9.17, 15) is 0 Å². The van der Waals surface area contributed by atoms with Gasteiger partial charge in [0.1, 0.15) is 0 Å². The molecule has 0 spiro atoms. The lowest BCUT2D eigenvalue weighted by Gasteiger charge is -2.17. The van der Waals surface area contributed by atoms with Crippen molar-refractivity contribution in [2.75, 3.05) is 0 Å². The maximum absolute atomic E-state index is 8.49. The molecule has 0 aliphatic heterocycles. The van der Waals surface area contributed by atoms with Crippen molar-refractivity contribution in [2.24, 2.45) is 0 Å². The largest absolute Gasteiger partial charge is 0.222 e. The van der Waals surface area contributed by atoms with E-state index in [0.717, 1.165) is 0 Å². The second kappa shape index (κ2) is 5.93. The first kappa shape index (κ1) is 15.6. The molecule has 3 rings (SSSR count). The Bertz CT molecular complexity index is 661. The maximum atomic E-state index is 8.49. The van der Waals surface area contributed by atoms with Crippen LogP contribution in [-0.4, -0.2) is 0 Å². The minimum atomic E-state index is -4.94. The average Bonchev–Trinajstić information content (AvgIpc) is 2.43. The SMILES string of the molecule is Cc1c2ccccc2c(C)[n+]2ccccc12.[O-][Cl+3]([O-])([O-])[O-]. The summed E-state index contributed by atoms with van der Waals surface area (Å²) in [6, 6.07) is 14.9. The van der Waals surface area contributed by atoms with E-state index >= 15 is 0 Å². The highest BCUT2D eigenvalue weighted by molar-refractivity contribution is 5.89. The van der Waals surface area contributed by atoms with Crippen molar-refractivity contribution >= 4 is 16.3 Å². The summed E-state index contributed by atoms with van der Waals surface area (Å²) < 4.78 is 36.2. The first-order valence-electron chi connectivity index (χ1n) is 6.19. The van der Waals surface area contributed by atoms with Crippen molar-refractivity contribution in [3.63, 3.8) is 0 Å². The Labute approximate surface area is 124 Å². The molecule has 0 N–H and O–H groups in total.